The highest BCUT2D eigenvalue weighted by Gasteiger charge is 2.11. The van der Waals surface area contributed by atoms with Gasteiger partial charge < -0.3 is 5.11 Å². The molecule has 0 aromatic heterocycles. The number of carbonyl (C=O) groups excluding carboxylic acids is 1. The molecule has 0 aliphatic carbocycles. The van der Waals surface area contributed by atoms with Gasteiger partial charge in [0.15, 0.2) is 6.29 Å². The van der Waals surface area contributed by atoms with Crippen molar-refractivity contribution in [1.29, 1.82) is 0 Å². The number of hydrogen-bond acceptors (Lipinski definition) is 2. The highest BCUT2D eigenvalue weighted by atomic mass is 35.5. The molecule has 4 heteroatoms. The summed E-state index contributed by atoms with van der Waals surface area (Å²) in [5.41, 5.74) is 1.38. The topological polar surface area (TPSA) is 37.3 Å². The average molecular weight is 267 g/mol. The zero-order chi connectivity index (χ0) is 12.4. The number of phenols is 1. The van der Waals surface area contributed by atoms with E-state index in [1.807, 2.05) is 0 Å². The molecule has 0 saturated carbocycles. The van der Waals surface area contributed by atoms with E-state index in [2.05, 4.69) is 0 Å². The number of halogens is 2. The molecule has 0 unspecified atom stereocenters. The molecule has 2 rings (SSSR count). The standard InChI is InChI=1S/C13H8Cl2O2/c14-9-4-5-10(12(15)6-9)11-3-1-2-8(7-16)13(11)17/h1-7,17H. The van der Waals surface area contributed by atoms with E-state index in [-0.39, 0.29) is 11.3 Å². The minimum atomic E-state index is -0.0771. The zero-order valence-electron chi connectivity index (χ0n) is 8.65. The van der Waals surface area contributed by atoms with E-state index in [9.17, 15) is 9.90 Å². The Kier molecular flexibility index (Phi) is 3.36. The average Bonchev–Trinajstić information content (AvgIpc) is 2.30. The molecule has 0 aliphatic heterocycles. The molecule has 0 aliphatic rings. The summed E-state index contributed by atoms with van der Waals surface area (Å²) in [4.78, 5) is 10.7. The molecule has 17 heavy (non-hydrogen) atoms. The smallest absolute Gasteiger partial charge is 0.153 e. The fraction of sp³-hybridized carbons (Fsp3) is 0. The summed E-state index contributed by atoms with van der Waals surface area (Å²) < 4.78 is 0. The van der Waals surface area contributed by atoms with E-state index in [0.29, 0.717) is 27.5 Å². The lowest BCUT2D eigenvalue weighted by Gasteiger charge is -2.08. The SMILES string of the molecule is O=Cc1cccc(-c2ccc(Cl)cc2Cl)c1O. The summed E-state index contributed by atoms with van der Waals surface area (Å²) in [5.74, 6) is -0.0771. The van der Waals surface area contributed by atoms with Crippen LogP contribution >= 0.6 is 23.2 Å². The third-order valence-corrected chi connectivity index (χ3v) is 2.96. The largest absolute Gasteiger partial charge is 0.507 e. The number of aromatic hydroxyl groups is 1. The van der Waals surface area contributed by atoms with Crippen molar-refractivity contribution >= 4 is 29.5 Å². The van der Waals surface area contributed by atoms with E-state index in [4.69, 9.17) is 23.2 Å². The van der Waals surface area contributed by atoms with Crippen LogP contribution in [0.2, 0.25) is 10.0 Å². The molecule has 2 nitrogen and oxygen atoms in total. The maximum Gasteiger partial charge on any atom is 0.153 e. The van der Waals surface area contributed by atoms with Crippen molar-refractivity contribution in [2.24, 2.45) is 0 Å². The normalized spacial score (nSPS) is 10.2. The Morgan fingerprint density at radius 1 is 1.06 bits per heavy atom. The van der Waals surface area contributed by atoms with Crippen molar-refractivity contribution in [1.82, 2.24) is 0 Å². The van der Waals surface area contributed by atoms with Gasteiger partial charge in [-0.05, 0) is 18.2 Å². The Labute approximate surface area is 108 Å². The Balaban J connectivity index is 2.64. The molecule has 0 atom stereocenters. The van der Waals surface area contributed by atoms with Gasteiger partial charge in [-0.25, -0.2) is 0 Å². The third kappa shape index (κ3) is 2.28. The number of hydrogen-bond donors (Lipinski definition) is 1. The number of aldehydes is 1. The van der Waals surface area contributed by atoms with Crippen LogP contribution < -0.4 is 0 Å². The van der Waals surface area contributed by atoms with E-state index in [0.717, 1.165) is 0 Å². The fourth-order valence-electron chi connectivity index (χ4n) is 1.58. The van der Waals surface area contributed by atoms with Gasteiger partial charge in [0.2, 0.25) is 0 Å². The van der Waals surface area contributed by atoms with Crippen molar-refractivity contribution in [2.75, 3.05) is 0 Å². The van der Waals surface area contributed by atoms with Gasteiger partial charge in [0, 0.05) is 16.1 Å². The monoisotopic (exact) mass is 266 g/mol. The van der Waals surface area contributed by atoms with Gasteiger partial charge in [-0.3, -0.25) is 4.79 Å². The van der Waals surface area contributed by atoms with Crippen molar-refractivity contribution in [3.05, 3.63) is 52.0 Å². The van der Waals surface area contributed by atoms with Crippen LogP contribution in [0.25, 0.3) is 11.1 Å². The van der Waals surface area contributed by atoms with Gasteiger partial charge in [0.05, 0.1) is 10.6 Å². The lowest BCUT2D eigenvalue weighted by molar-refractivity contribution is 0.112. The van der Waals surface area contributed by atoms with Crippen molar-refractivity contribution in [3.63, 3.8) is 0 Å². The highest BCUT2D eigenvalue weighted by Crippen LogP contribution is 2.36. The molecule has 0 saturated heterocycles. The molecule has 2 aromatic rings. The Bertz CT molecular complexity index is 580. The number of para-hydroxylation sites is 1. The molecule has 2 aromatic carbocycles. The second-order valence-corrected chi connectivity index (χ2v) is 4.33. The number of phenolic OH excluding ortho intramolecular Hbond substituents is 1. The predicted octanol–water partition coefficient (Wildman–Crippen LogP) is 4.18. The first-order valence-electron chi connectivity index (χ1n) is 4.86. The highest BCUT2D eigenvalue weighted by molar-refractivity contribution is 6.36. The van der Waals surface area contributed by atoms with Crippen molar-refractivity contribution in [3.8, 4) is 16.9 Å². The van der Waals surface area contributed by atoms with Gasteiger partial charge in [0.1, 0.15) is 5.75 Å². The molecular weight excluding hydrogens is 259 g/mol. The van der Waals surface area contributed by atoms with Gasteiger partial charge in [-0.2, -0.15) is 0 Å². The molecule has 0 spiro atoms. The van der Waals surface area contributed by atoms with E-state index < -0.39 is 0 Å². The van der Waals surface area contributed by atoms with E-state index >= 15 is 0 Å². The number of benzene rings is 2. The Hall–Kier alpha value is -1.51. The first kappa shape index (κ1) is 12.0. The van der Waals surface area contributed by atoms with Crippen LogP contribution in [0, 0.1) is 0 Å². The first-order valence-corrected chi connectivity index (χ1v) is 5.61. The summed E-state index contributed by atoms with van der Waals surface area (Å²) in [6.45, 7) is 0. The minimum absolute atomic E-state index is 0.0771. The summed E-state index contributed by atoms with van der Waals surface area (Å²) in [6, 6.07) is 9.88. The van der Waals surface area contributed by atoms with Crippen molar-refractivity contribution < 1.29 is 9.90 Å². The molecule has 1 N–H and O–H groups in total. The molecule has 0 bridgehead atoms. The molecular formula is C13H8Cl2O2. The number of rotatable bonds is 2. The van der Waals surface area contributed by atoms with Crippen LogP contribution in [0.1, 0.15) is 10.4 Å². The molecule has 0 radical (unpaired) electrons. The third-order valence-electron chi connectivity index (χ3n) is 2.42. The maximum atomic E-state index is 10.7. The van der Waals surface area contributed by atoms with Crippen LogP contribution in [0.5, 0.6) is 5.75 Å². The maximum absolute atomic E-state index is 10.7. The summed E-state index contributed by atoms with van der Waals surface area (Å²) in [5, 5.41) is 10.9. The van der Waals surface area contributed by atoms with Gasteiger partial charge in [0.25, 0.3) is 0 Å². The van der Waals surface area contributed by atoms with Crippen LogP contribution in [0.3, 0.4) is 0 Å². The predicted molar refractivity (Wildman–Crippen MR) is 69.0 cm³/mol. The minimum Gasteiger partial charge on any atom is -0.507 e. The van der Waals surface area contributed by atoms with Gasteiger partial charge in [-0.1, -0.05) is 41.4 Å². The lowest BCUT2D eigenvalue weighted by Crippen LogP contribution is -1.86. The second-order valence-electron chi connectivity index (χ2n) is 3.49. The van der Waals surface area contributed by atoms with E-state index in [1.54, 1.807) is 30.3 Å². The Morgan fingerprint density at radius 3 is 2.47 bits per heavy atom. The summed E-state index contributed by atoms with van der Waals surface area (Å²) in [6.07, 6.45) is 0.600. The van der Waals surface area contributed by atoms with Crippen molar-refractivity contribution in [2.45, 2.75) is 0 Å². The first-order chi connectivity index (χ1) is 8.13. The quantitative estimate of drug-likeness (QED) is 0.829. The molecule has 0 fully saturated rings. The van der Waals surface area contributed by atoms with Crippen LogP contribution in [0.4, 0.5) is 0 Å². The molecule has 0 amide bonds. The second kappa shape index (κ2) is 4.78. The Morgan fingerprint density at radius 2 is 1.82 bits per heavy atom. The number of carbonyl (C=O) groups is 1. The molecule has 0 heterocycles. The van der Waals surface area contributed by atoms with Crippen LogP contribution in [-0.4, -0.2) is 11.4 Å². The van der Waals surface area contributed by atoms with Gasteiger partial charge in [-0.15, -0.1) is 0 Å². The molecule has 86 valence electrons. The van der Waals surface area contributed by atoms with Gasteiger partial charge >= 0.3 is 0 Å². The van der Waals surface area contributed by atoms with Crippen LogP contribution in [0.15, 0.2) is 36.4 Å². The summed E-state index contributed by atoms with van der Waals surface area (Å²) >= 11 is 11.8. The zero-order valence-corrected chi connectivity index (χ0v) is 10.2. The van der Waals surface area contributed by atoms with E-state index in [1.165, 1.54) is 6.07 Å². The lowest BCUT2D eigenvalue weighted by atomic mass is 10.0. The summed E-state index contributed by atoms with van der Waals surface area (Å²) in [7, 11) is 0. The fourth-order valence-corrected chi connectivity index (χ4v) is 2.09. The van der Waals surface area contributed by atoms with Crippen LogP contribution in [-0.2, 0) is 0 Å².